The fraction of sp³-hybridized carbons (Fsp3) is 0.462. The lowest BCUT2D eigenvalue weighted by molar-refractivity contribution is 0.230. The summed E-state index contributed by atoms with van der Waals surface area (Å²) < 4.78 is 7.05. The molecule has 2 heteroatoms. The molecule has 1 nitrogen and oxygen atoms in total. The van der Waals surface area contributed by atoms with E-state index in [1.165, 1.54) is 10.4 Å². The fourth-order valence-electron chi connectivity index (χ4n) is 4.18. The van der Waals surface area contributed by atoms with Gasteiger partial charge >= 0.3 is 0 Å². The molecule has 0 saturated carbocycles. The molecule has 2 aromatic rings. The zero-order valence-corrected chi connectivity index (χ0v) is 19.6. The van der Waals surface area contributed by atoms with Gasteiger partial charge in [0.2, 0.25) is 0 Å². The Morgan fingerprint density at radius 3 is 1.82 bits per heavy atom. The SMILES string of the molecule is CC/C=C\[C@H](C)C[C@H](C)CO[Si](c1ccccc1)(c1ccccc1)C(C)(C)C. The molecule has 0 aliphatic carbocycles. The number of hydrogen-bond acceptors (Lipinski definition) is 1. The van der Waals surface area contributed by atoms with Crippen LogP contribution in [0, 0.1) is 11.8 Å². The molecule has 0 amide bonds. The molecule has 0 aliphatic heterocycles. The highest BCUT2D eigenvalue weighted by Crippen LogP contribution is 2.37. The standard InChI is InChI=1S/C26H38OSi/c1-7-8-15-22(2)20-23(3)21-27-28(26(4,5)6,24-16-11-9-12-17-24)25-18-13-10-14-19-25/h8-19,22-23H,7,20-21H2,1-6H3/b15-8-/t22-,23-/m0/s1. The van der Waals surface area contributed by atoms with Crippen molar-refractivity contribution in [2.75, 3.05) is 6.61 Å². The van der Waals surface area contributed by atoms with Crippen molar-refractivity contribution in [2.45, 2.75) is 59.4 Å². The molecule has 28 heavy (non-hydrogen) atoms. The van der Waals surface area contributed by atoms with Crippen molar-refractivity contribution in [3.05, 3.63) is 72.8 Å². The van der Waals surface area contributed by atoms with Gasteiger partial charge in [-0.2, -0.15) is 0 Å². The lowest BCUT2D eigenvalue weighted by Crippen LogP contribution is -2.66. The second kappa shape index (κ2) is 10.2. The molecule has 0 radical (unpaired) electrons. The second-order valence-corrected chi connectivity index (χ2v) is 13.4. The summed E-state index contributed by atoms with van der Waals surface area (Å²) in [7, 11) is -2.41. The summed E-state index contributed by atoms with van der Waals surface area (Å²) in [6.45, 7) is 14.7. The summed E-state index contributed by atoms with van der Waals surface area (Å²) in [6, 6.07) is 21.9. The van der Waals surface area contributed by atoms with Crippen LogP contribution < -0.4 is 10.4 Å². The van der Waals surface area contributed by atoms with E-state index < -0.39 is 8.32 Å². The molecule has 0 spiro atoms. The van der Waals surface area contributed by atoms with Crippen LogP contribution >= 0.6 is 0 Å². The van der Waals surface area contributed by atoms with Crippen LogP contribution in [-0.4, -0.2) is 14.9 Å². The van der Waals surface area contributed by atoms with Gasteiger partial charge in [0.1, 0.15) is 0 Å². The first-order valence-electron chi connectivity index (χ1n) is 10.7. The Morgan fingerprint density at radius 2 is 1.39 bits per heavy atom. The minimum atomic E-state index is -2.41. The highest BCUT2D eigenvalue weighted by molar-refractivity contribution is 6.99. The predicted octanol–water partition coefficient (Wildman–Crippen LogP) is 6.19. The van der Waals surface area contributed by atoms with Crippen molar-refractivity contribution in [1.82, 2.24) is 0 Å². The summed E-state index contributed by atoms with van der Waals surface area (Å²) in [5, 5.41) is 2.77. The maximum atomic E-state index is 7.05. The van der Waals surface area contributed by atoms with Gasteiger partial charge < -0.3 is 4.43 Å². The molecule has 0 fully saturated rings. The zero-order valence-electron chi connectivity index (χ0n) is 18.6. The van der Waals surface area contributed by atoms with Crippen molar-refractivity contribution in [1.29, 1.82) is 0 Å². The quantitative estimate of drug-likeness (QED) is 0.364. The van der Waals surface area contributed by atoms with Gasteiger partial charge in [-0.3, -0.25) is 0 Å². The van der Waals surface area contributed by atoms with Crippen molar-refractivity contribution in [3.8, 4) is 0 Å². The van der Waals surface area contributed by atoms with Crippen molar-refractivity contribution >= 4 is 18.7 Å². The third-order valence-electron chi connectivity index (χ3n) is 5.48. The molecule has 2 rings (SSSR count). The average Bonchev–Trinajstić information content (AvgIpc) is 2.67. The van der Waals surface area contributed by atoms with E-state index in [2.05, 4.69) is 114 Å². The minimum absolute atomic E-state index is 0.0448. The van der Waals surface area contributed by atoms with E-state index in [4.69, 9.17) is 4.43 Å². The molecule has 0 aliphatic rings. The number of benzene rings is 2. The Hall–Kier alpha value is -1.64. The van der Waals surface area contributed by atoms with Gasteiger partial charge in [0.05, 0.1) is 0 Å². The van der Waals surface area contributed by atoms with Crippen LogP contribution in [0.4, 0.5) is 0 Å². The van der Waals surface area contributed by atoms with Crippen LogP contribution in [0.15, 0.2) is 72.8 Å². The molecule has 0 aromatic heterocycles. The van der Waals surface area contributed by atoms with Gasteiger partial charge in [-0.15, -0.1) is 0 Å². The second-order valence-electron chi connectivity index (χ2n) is 9.13. The smallest absolute Gasteiger partial charge is 0.261 e. The van der Waals surface area contributed by atoms with Gasteiger partial charge in [0, 0.05) is 6.61 Å². The maximum Gasteiger partial charge on any atom is 0.261 e. The van der Waals surface area contributed by atoms with E-state index in [0.29, 0.717) is 11.8 Å². The van der Waals surface area contributed by atoms with E-state index in [9.17, 15) is 0 Å². The molecule has 2 aromatic carbocycles. The number of allylic oxidation sites excluding steroid dienone is 2. The van der Waals surface area contributed by atoms with Crippen LogP contribution in [0.1, 0.15) is 54.4 Å². The Kier molecular flexibility index (Phi) is 8.27. The topological polar surface area (TPSA) is 9.23 Å². The molecule has 0 unspecified atom stereocenters. The van der Waals surface area contributed by atoms with Gasteiger partial charge in [0.25, 0.3) is 8.32 Å². The van der Waals surface area contributed by atoms with Crippen LogP contribution in [0.25, 0.3) is 0 Å². The molecule has 0 bridgehead atoms. The average molecular weight is 395 g/mol. The van der Waals surface area contributed by atoms with Crippen LogP contribution in [0.2, 0.25) is 5.04 Å². The molecular formula is C26H38OSi. The lowest BCUT2D eigenvalue weighted by atomic mass is 9.97. The molecule has 2 atom stereocenters. The van der Waals surface area contributed by atoms with Crippen molar-refractivity contribution in [2.24, 2.45) is 11.8 Å². The first kappa shape index (κ1) is 22.6. The summed E-state index contributed by atoms with van der Waals surface area (Å²) >= 11 is 0. The third kappa shape index (κ3) is 5.45. The van der Waals surface area contributed by atoms with Gasteiger partial charge in [0.15, 0.2) is 0 Å². The van der Waals surface area contributed by atoms with E-state index in [1.54, 1.807) is 0 Å². The molecule has 0 heterocycles. The summed E-state index contributed by atoms with van der Waals surface area (Å²) in [4.78, 5) is 0. The van der Waals surface area contributed by atoms with Crippen molar-refractivity contribution in [3.63, 3.8) is 0 Å². The fourth-order valence-corrected chi connectivity index (χ4v) is 8.87. The van der Waals surface area contributed by atoms with E-state index in [0.717, 1.165) is 19.4 Å². The monoisotopic (exact) mass is 394 g/mol. The largest absolute Gasteiger partial charge is 0.407 e. The Balaban J connectivity index is 2.35. The van der Waals surface area contributed by atoms with E-state index >= 15 is 0 Å². The number of rotatable bonds is 9. The Labute approximate surface area is 174 Å². The van der Waals surface area contributed by atoms with Gasteiger partial charge in [-0.05, 0) is 40.1 Å². The molecule has 0 N–H and O–H groups in total. The van der Waals surface area contributed by atoms with E-state index in [-0.39, 0.29) is 5.04 Å². The molecule has 152 valence electrons. The van der Waals surface area contributed by atoms with Gasteiger partial charge in [-0.25, -0.2) is 0 Å². The van der Waals surface area contributed by atoms with Crippen LogP contribution in [-0.2, 0) is 4.43 Å². The highest BCUT2D eigenvalue weighted by Gasteiger charge is 2.50. The molecular weight excluding hydrogens is 356 g/mol. The lowest BCUT2D eigenvalue weighted by Gasteiger charge is -2.43. The molecule has 0 saturated heterocycles. The summed E-state index contributed by atoms with van der Waals surface area (Å²) in [6.07, 6.45) is 6.89. The maximum absolute atomic E-state index is 7.05. The first-order valence-corrected chi connectivity index (χ1v) is 12.6. The van der Waals surface area contributed by atoms with Crippen LogP contribution in [0.3, 0.4) is 0 Å². The Morgan fingerprint density at radius 1 is 0.893 bits per heavy atom. The zero-order chi connectivity index (χ0) is 20.6. The van der Waals surface area contributed by atoms with Crippen molar-refractivity contribution < 1.29 is 4.43 Å². The van der Waals surface area contributed by atoms with E-state index in [1.807, 2.05) is 0 Å². The summed E-state index contributed by atoms with van der Waals surface area (Å²) in [5.74, 6) is 1.12. The Bertz CT molecular complexity index is 676. The van der Waals surface area contributed by atoms with Gasteiger partial charge in [-0.1, -0.05) is 114 Å². The summed E-state index contributed by atoms with van der Waals surface area (Å²) in [5.41, 5.74) is 0. The number of hydrogen-bond donors (Lipinski definition) is 0. The first-order chi connectivity index (χ1) is 13.3. The van der Waals surface area contributed by atoms with Crippen LogP contribution in [0.5, 0.6) is 0 Å². The highest BCUT2D eigenvalue weighted by atomic mass is 28.4. The predicted molar refractivity (Wildman–Crippen MR) is 126 cm³/mol. The minimum Gasteiger partial charge on any atom is -0.407 e. The third-order valence-corrected chi connectivity index (χ3v) is 10.5. The normalized spacial score (nSPS) is 14.9.